The molecule has 0 fully saturated rings. The van der Waals surface area contributed by atoms with E-state index in [1.54, 1.807) is 26.2 Å². The third kappa shape index (κ3) is 5.56. The zero-order valence-corrected chi connectivity index (χ0v) is 11.9. The van der Waals surface area contributed by atoms with Gasteiger partial charge < -0.3 is 15.2 Å². The van der Waals surface area contributed by atoms with Crippen molar-refractivity contribution in [3.63, 3.8) is 0 Å². The van der Waals surface area contributed by atoms with Crippen LogP contribution in [-0.2, 0) is 14.8 Å². The van der Waals surface area contributed by atoms with E-state index in [1.807, 2.05) is 0 Å². The van der Waals surface area contributed by atoms with Gasteiger partial charge in [0.2, 0.25) is 10.0 Å². The van der Waals surface area contributed by atoms with E-state index in [2.05, 4.69) is 4.72 Å². The summed E-state index contributed by atoms with van der Waals surface area (Å²) in [5.74, 6) is 0.600. The van der Waals surface area contributed by atoms with E-state index in [0.29, 0.717) is 19.0 Å². The number of hydrogen-bond donors (Lipinski definition) is 2. The van der Waals surface area contributed by atoms with Crippen LogP contribution in [0.4, 0.5) is 0 Å². The lowest BCUT2D eigenvalue weighted by molar-refractivity contribution is 0.146. The number of ether oxygens (including phenoxy) is 2. The van der Waals surface area contributed by atoms with Gasteiger partial charge >= 0.3 is 0 Å². The molecule has 0 saturated heterocycles. The zero-order valence-electron chi connectivity index (χ0n) is 11.1. The normalized spacial score (nSPS) is 13.2. The molecule has 0 saturated carbocycles. The maximum absolute atomic E-state index is 11.9. The molecule has 1 unspecified atom stereocenters. The van der Waals surface area contributed by atoms with Crippen molar-refractivity contribution in [2.75, 3.05) is 26.9 Å². The standard InChI is InChI=1S/C12H20N2O4S/c1-10(13)9-14-19(15,16)12-5-3-11(4-6-12)18-8-7-17-2/h3-6,10,14H,7-9,13H2,1-2H3. The minimum atomic E-state index is -3.51. The Morgan fingerprint density at radius 3 is 2.42 bits per heavy atom. The molecule has 0 aliphatic heterocycles. The molecule has 0 aliphatic carbocycles. The van der Waals surface area contributed by atoms with Crippen LogP contribution < -0.4 is 15.2 Å². The molecular formula is C12H20N2O4S. The molecule has 1 aromatic carbocycles. The molecule has 108 valence electrons. The van der Waals surface area contributed by atoms with Gasteiger partial charge in [-0.25, -0.2) is 13.1 Å². The highest BCUT2D eigenvalue weighted by Gasteiger charge is 2.13. The quantitative estimate of drug-likeness (QED) is 0.673. The molecule has 0 heterocycles. The number of rotatable bonds is 8. The van der Waals surface area contributed by atoms with Gasteiger partial charge in [-0.15, -0.1) is 0 Å². The molecule has 1 atom stereocenters. The summed E-state index contributed by atoms with van der Waals surface area (Å²) in [5.41, 5.74) is 5.51. The second-order valence-corrected chi connectivity index (χ2v) is 5.91. The summed E-state index contributed by atoms with van der Waals surface area (Å²) in [4.78, 5) is 0.187. The van der Waals surface area contributed by atoms with Crippen molar-refractivity contribution in [1.29, 1.82) is 0 Å². The summed E-state index contributed by atoms with van der Waals surface area (Å²) in [7, 11) is -1.92. The van der Waals surface area contributed by atoms with E-state index >= 15 is 0 Å². The van der Waals surface area contributed by atoms with Gasteiger partial charge in [-0.2, -0.15) is 0 Å². The second kappa shape index (κ2) is 7.44. The fourth-order valence-electron chi connectivity index (χ4n) is 1.28. The monoisotopic (exact) mass is 288 g/mol. The first-order valence-electron chi connectivity index (χ1n) is 5.93. The lowest BCUT2D eigenvalue weighted by atomic mass is 10.3. The van der Waals surface area contributed by atoms with E-state index in [9.17, 15) is 8.42 Å². The van der Waals surface area contributed by atoms with E-state index in [0.717, 1.165) is 0 Å². The SMILES string of the molecule is COCCOc1ccc(S(=O)(=O)NCC(C)N)cc1. The maximum atomic E-state index is 11.9. The largest absolute Gasteiger partial charge is 0.491 e. The van der Waals surface area contributed by atoms with E-state index in [1.165, 1.54) is 12.1 Å². The predicted octanol–water partition coefficient (Wildman–Crippen LogP) is 0.337. The molecule has 1 aromatic rings. The summed E-state index contributed by atoms with van der Waals surface area (Å²) in [5, 5.41) is 0. The van der Waals surface area contributed by atoms with Gasteiger partial charge in [0.15, 0.2) is 0 Å². The predicted molar refractivity (Wildman–Crippen MR) is 72.7 cm³/mol. The Hall–Kier alpha value is -1.15. The minimum absolute atomic E-state index is 0.187. The van der Waals surface area contributed by atoms with E-state index in [-0.39, 0.29) is 17.5 Å². The Bertz CT molecular complexity index is 471. The first-order chi connectivity index (χ1) is 8.95. The Labute approximate surface area is 113 Å². The molecule has 1 rings (SSSR count). The molecule has 0 aromatic heterocycles. The highest BCUT2D eigenvalue weighted by Crippen LogP contribution is 2.15. The van der Waals surface area contributed by atoms with Crippen LogP contribution in [0.25, 0.3) is 0 Å². The Morgan fingerprint density at radius 1 is 1.26 bits per heavy atom. The third-order valence-electron chi connectivity index (χ3n) is 2.29. The first-order valence-corrected chi connectivity index (χ1v) is 7.41. The van der Waals surface area contributed by atoms with Crippen LogP contribution in [0.5, 0.6) is 5.75 Å². The van der Waals surface area contributed by atoms with Gasteiger partial charge in [0.1, 0.15) is 12.4 Å². The average molecular weight is 288 g/mol. The van der Waals surface area contributed by atoms with Crippen LogP contribution in [0, 0.1) is 0 Å². The van der Waals surface area contributed by atoms with Crippen molar-refractivity contribution >= 4 is 10.0 Å². The average Bonchev–Trinajstić information content (AvgIpc) is 2.37. The van der Waals surface area contributed by atoms with Crippen molar-refractivity contribution in [2.24, 2.45) is 5.73 Å². The molecule has 0 bridgehead atoms. The van der Waals surface area contributed by atoms with Crippen molar-refractivity contribution < 1.29 is 17.9 Å². The zero-order chi connectivity index (χ0) is 14.3. The van der Waals surface area contributed by atoms with Crippen LogP contribution in [-0.4, -0.2) is 41.3 Å². The summed E-state index contributed by atoms with van der Waals surface area (Å²) >= 11 is 0. The third-order valence-corrected chi connectivity index (χ3v) is 3.73. The molecule has 7 heteroatoms. The van der Waals surface area contributed by atoms with Gasteiger partial charge in [0, 0.05) is 19.7 Å². The second-order valence-electron chi connectivity index (χ2n) is 4.14. The maximum Gasteiger partial charge on any atom is 0.240 e. The molecule has 0 radical (unpaired) electrons. The molecule has 0 amide bonds. The van der Waals surface area contributed by atoms with Crippen LogP contribution in [0.3, 0.4) is 0 Å². The lowest BCUT2D eigenvalue weighted by Gasteiger charge is -2.10. The highest BCUT2D eigenvalue weighted by atomic mass is 32.2. The molecule has 19 heavy (non-hydrogen) atoms. The summed E-state index contributed by atoms with van der Waals surface area (Å²) < 4.78 is 36.4. The topological polar surface area (TPSA) is 90.6 Å². The number of nitrogens with one attached hydrogen (secondary N) is 1. The number of benzene rings is 1. The Balaban J connectivity index is 2.64. The number of sulfonamides is 1. The molecule has 3 N–H and O–H groups in total. The van der Waals surface area contributed by atoms with Gasteiger partial charge in [0.25, 0.3) is 0 Å². The van der Waals surface area contributed by atoms with Gasteiger partial charge in [-0.05, 0) is 31.2 Å². The summed E-state index contributed by atoms with van der Waals surface area (Å²) in [6.07, 6.45) is 0. The Kier molecular flexibility index (Phi) is 6.23. The Morgan fingerprint density at radius 2 is 1.89 bits per heavy atom. The molecule has 6 nitrogen and oxygen atoms in total. The number of hydrogen-bond acceptors (Lipinski definition) is 5. The first kappa shape index (κ1) is 15.9. The van der Waals surface area contributed by atoms with Crippen molar-refractivity contribution in [1.82, 2.24) is 4.72 Å². The fraction of sp³-hybridized carbons (Fsp3) is 0.500. The lowest BCUT2D eigenvalue weighted by Crippen LogP contribution is -2.35. The fourth-order valence-corrected chi connectivity index (χ4v) is 2.43. The molecule has 0 spiro atoms. The van der Waals surface area contributed by atoms with Gasteiger partial charge in [-0.3, -0.25) is 0 Å². The van der Waals surface area contributed by atoms with Gasteiger partial charge in [0.05, 0.1) is 11.5 Å². The van der Waals surface area contributed by atoms with Crippen LogP contribution in [0.1, 0.15) is 6.92 Å². The van der Waals surface area contributed by atoms with Crippen molar-refractivity contribution in [3.05, 3.63) is 24.3 Å². The van der Waals surface area contributed by atoms with Crippen LogP contribution in [0.15, 0.2) is 29.2 Å². The minimum Gasteiger partial charge on any atom is -0.491 e. The van der Waals surface area contributed by atoms with Crippen molar-refractivity contribution in [2.45, 2.75) is 17.9 Å². The molecule has 0 aliphatic rings. The summed E-state index contributed by atoms with van der Waals surface area (Å²) in [6, 6.07) is 5.97. The van der Waals surface area contributed by atoms with E-state index in [4.69, 9.17) is 15.2 Å². The summed E-state index contributed by atoms with van der Waals surface area (Å²) in [6.45, 7) is 2.84. The number of methoxy groups -OCH3 is 1. The van der Waals surface area contributed by atoms with Gasteiger partial charge in [-0.1, -0.05) is 0 Å². The van der Waals surface area contributed by atoms with E-state index < -0.39 is 10.0 Å². The highest BCUT2D eigenvalue weighted by molar-refractivity contribution is 7.89. The smallest absolute Gasteiger partial charge is 0.240 e. The van der Waals surface area contributed by atoms with Crippen molar-refractivity contribution in [3.8, 4) is 5.75 Å². The number of nitrogens with two attached hydrogens (primary N) is 1. The molecular weight excluding hydrogens is 268 g/mol. The van der Waals surface area contributed by atoms with Crippen LogP contribution >= 0.6 is 0 Å². The van der Waals surface area contributed by atoms with Crippen LogP contribution in [0.2, 0.25) is 0 Å².